The molecule has 2 rings (SSSR count). The number of rotatable bonds is 9. The quantitative estimate of drug-likeness (QED) is 0.754. The number of hydrogen-bond acceptors (Lipinski definition) is 3. The van der Waals surface area contributed by atoms with E-state index in [1.165, 1.54) is 12.8 Å². The van der Waals surface area contributed by atoms with Gasteiger partial charge in [0.2, 0.25) is 0 Å². The van der Waals surface area contributed by atoms with E-state index >= 15 is 0 Å². The van der Waals surface area contributed by atoms with Gasteiger partial charge in [0.1, 0.15) is 5.75 Å². The lowest BCUT2D eigenvalue weighted by Gasteiger charge is -2.20. The fourth-order valence-electron chi connectivity index (χ4n) is 2.25. The van der Waals surface area contributed by atoms with E-state index in [4.69, 9.17) is 9.84 Å². The van der Waals surface area contributed by atoms with Gasteiger partial charge in [-0.25, -0.2) is 0 Å². The maximum absolute atomic E-state index is 10.9. The molecule has 0 spiro atoms. The Labute approximate surface area is 120 Å². The van der Waals surface area contributed by atoms with Gasteiger partial charge >= 0.3 is 5.97 Å². The summed E-state index contributed by atoms with van der Waals surface area (Å²) < 4.78 is 5.62. The topological polar surface area (TPSA) is 49.8 Å². The van der Waals surface area contributed by atoms with Crippen molar-refractivity contribution in [3.8, 4) is 5.75 Å². The van der Waals surface area contributed by atoms with E-state index in [1.807, 2.05) is 29.2 Å². The normalized spacial score (nSPS) is 14.5. The smallest absolute Gasteiger partial charge is 0.317 e. The van der Waals surface area contributed by atoms with Crippen LogP contribution in [-0.2, 0) is 11.3 Å². The first-order valence-electron chi connectivity index (χ1n) is 7.33. The second-order valence-electron chi connectivity index (χ2n) is 5.50. The van der Waals surface area contributed by atoms with Crippen LogP contribution in [0.25, 0.3) is 0 Å². The molecule has 1 aliphatic rings. The monoisotopic (exact) mass is 277 g/mol. The summed E-state index contributed by atoms with van der Waals surface area (Å²) in [6.45, 7) is 4.45. The van der Waals surface area contributed by atoms with Crippen molar-refractivity contribution in [2.24, 2.45) is 5.92 Å². The second-order valence-corrected chi connectivity index (χ2v) is 5.50. The van der Waals surface area contributed by atoms with Crippen LogP contribution in [0.3, 0.4) is 0 Å². The van der Waals surface area contributed by atoms with E-state index in [0.29, 0.717) is 19.1 Å². The Bertz CT molecular complexity index is 443. The van der Waals surface area contributed by atoms with Crippen LogP contribution in [0.4, 0.5) is 0 Å². The van der Waals surface area contributed by atoms with E-state index in [0.717, 1.165) is 24.3 Å². The lowest BCUT2D eigenvalue weighted by Crippen LogP contribution is -2.31. The molecule has 1 aromatic carbocycles. The lowest BCUT2D eigenvalue weighted by molar-refractivity contribution is -0.138. The summed E-state index contributed by atoms with van der Waals surface area (Å²) in [5.74, 6) is 0.795. The summed E-state index contributed by atoms with van der Waals surface area (Å²) in [6, 6.07) is 7.95. The van der Waals surface area contributed by atoms with Gasteiger partial charge in [-0.1, -0.05) is 19.1 Å². The van der Waals surface area contributed by atoms with E-state index in [2.05, 4.69) is 6.92 Å². The highest BCUT2D eigenvalue weighted by Gasteiger charge is 2.25. The van der Waals surface area contributed by atoms with Gasteiger partial charge in [-0.3, -0.25) is 9.69 Å². The summed E-state index contributed by atoms with van der Waals surface area (Å²) in [5.41, 5.74) is 1.11. The molecule has 110 valence electrons. The Hall–Kier alpha value is -1.55. The van der Waals surface area contributed by atoms with E-state index in [1.54, 1.807) is 0 Å². The molecule has 1 aromatic rings. The minimum atomic E-state index is -0.760. The SMILES string of the molecule is CCCOc1cccc(CN(CC(=O)O)CC2CC2)c1. The Balaban J connectivity index is 1.95. The fourth-order valence-corrected chi connectivity index (χ4v) is 2.25. The number of carboxylic acid groups (broad SMARTS) is 1. The Kier molecular flexibility index (Phi) is 5.41. The first-order chi connectivity index (χ1) is 9.67. The Morgan fingerprint density at radius 1 is 1.45 bits per heavy atom. The third kappa shape index (κ3) is 5.21. The molecular weight excluding hydrogens is 254 g/mol. The minimum absolute atomic E-state index is 0.108. The molecule has 1 N–H and O–H groups in total. The molecule has 0 unspecified atom stereocenters. The van der Waals surface area contributed by atoms with Crippen molar-refractivity contribution in [3.05, 3.63) is 29.8 Å². The number of aliphatic carboxylic acids is 1. The maximum Gasteiger partial charge on any atom is 0.317 e. The van der Waals surface area contributed by atoms with E-state index in [9.17, 15) is 4.79 Å². The van der Waals surface area contributed by atoms with Gasteiger partial charge in [0, 0.05) is 13.1 Å². The van der Waals surface area contributed by atoms with Gasteiger partial charge in [-0.05, 0) is 42.9 Å². The molecule has 0 atom stereocenters. The van der Waals surface area contributed by atoms with Gasteiger partial charge in [0.15, 0.2) is 0 Å². The van der Waals surface area contributed by atoms with Crippen LogP contribution >= 0.6 is 0 Å². The first kappa shape index (κ1) is 14.9. The first-order valence-corrected chi connectivity index (χ1v) is 7.33. The van der Waals surface area contributed by atoms with Crippen LogP contribution < -0.4 is 4.74 Å². The highest BCUT2D eigenvalue weighted by molar-refractivity contribution is 5.69. The number of ether oxygens (including phenoxy) is 1. The van der Waals surface area contributed by atoms with Crippen molar-refractivity contribution in [2.75, 3.05) is 19.7 Å². The van der Waals surface area contributed by atoms with Crippen LogP contribution in [0.2, 0.25) is 0 Å². The maximum atomic E-state index is 10.9. The molecule has 0 saturated heterocycles. The number of carbonyl (C=O) groups is 1. The predicted octanol–water partition coefficient (Wildman–Crippen LogP) is 2.77. The van der Waals surface area contributed by atoms with Crippen LogP contribution in [0.5, 0.6) is 5.75 Å². The largest absolute Gasteiger partial charge is 0.494 e. The fraction of sp³-hybridized carbons (Fsp3) is 0.562. The molecular formula is C16H23NO3. The molecule has 1 saturated carbocycles. The lowest BCUT2D eigenvalue weighted by atomic mass is 10.2. The summed E-state index contributed by atoms with van der Waals surface area (Å²) >= 11 is 0. The molecule has 4 nitrogen and oxygen atoms in total. The van der Waals surface area contributed by atoms with Crippen molar-refractivity contribution in [1.29, 1.82) is 0 Å². The average molecular weight is 277 g/mol. The number of carboxylic acids is 1. The van der Waals surface area contributed by atoms with E-state index < -0.39 is 5.97 Å². The zero-order valence-corrected chi connectivity index (χ0v) is 12.0. The molecule has 20 heavy (non-hydrogen) atoms. The third-order valence-electron chi connectivity index (χ3n) is 3.35. The van der Waals surface area contributed by atoms with Gasteiger partial charge in [-0.15, -0.1) is 0 Å². The zero-order chi connectivity index (χ0) is 14.4. The van der Waals surface area contributed by atoms with Crippen molar-refractivity contribution in [3.63, 3.8) is 0 Å². The van der Waals surface area contributed by atoms with Gasteiger partial charge in [0.05, 0.1) is 13.2 Å². The van der Waals surface area contributed by atoms with Gasteiger partial charge < -0.3 is 9.84 Å². The predicted molar refractivity (Wildman–Crippen MR) is 77.9 cm³/mol. The van der Waals surface area contributed by atoms with Gasteiger partial charge in [-0.2, -0.15) is 0 Å². The van der Waals surface area contributed by atoms with Crippen LogP contribution in [-0.4, -0.2) is 35.7 Å². The number of benzene rings is 1. The standard InChI is InChI=1S/C16H23NO3/c1-2-8-20-15-5-3-4-14(9-15)11-17(12-16(18)19)10-13-6-7-13/h3-5,9,13H,2,6-8,10-12H2,1H3,(H,18,19). The summed E-state index contributed by atoms with van der Waals surface area (Å²) in [5, 5.41) is 9.00. The highest BCUT2D eigenvalue weighted by Crippen LogP contribution is 2.30. The van der Waals surface area contributed by atoms with Crippen LogP contribution in [0, 0.1) is 5.92 Å². The molecule has 1 aliphatic carbocycles. The van der Waals surface area contributed by atoms with Crippen molar-refractivity contribution >= 4 is 5.97 Å². The Morgan fingerprint density at radius 3 is 2.90 bits per heavy atom. The number of hydrogen-bond donors (Lipinski definition) is 1. The Morgan fingerprint density at radius 2 is 2.25 bits per heavy atom. The number of nitrogens with zero attached hydrogens (tertiary/aromatic N) is 1. The third-order valence-corrected chi connectivity index (χ3v) is 3.35. The van der Waals surface area contributed by atoms with Crippen molar-refractivity contribution in [1.82, 2.24) is 4.90 Å². The van der Waals surface area contributed by atoms with Crippen LogP contribution in [0.1, 0.15) is 31.7 Å². The zero-order valence-electron chi connectivity index (χ0n) is 12.0. The van der Waals surface area contributed by atoms with Gasteiger partial charge in [0.25, 0.3) is 0 Å². The molecule has 1 fully saturated rings. The van der Waals surface area contributed by atoms with Crippen molar-refractivity contribution < 1.29 is 14.6 Å². The minimum Gasteiger partial charge on any atom is -0.494 e. The van der Waals surface area contributed by atoms with Crippen LogP contribution in [0.15, 0.2) is 24.3 Å². The molecule has 0 amide bonds. The molecule has 0 radical (unpaired) electrons. The molecule has 0 aliphatic heterocycles. The molecule has 0 heterocycles. The molecule has 0 aromatic heterocycles. The molecule has 0 bridgehead atoms. The summed E-state index contributed by atoms with van der Waals surface area (Å²) in [4.78, 5) is 13.0. The highest BCUT2D eigenvalue weighted by atomic mass is 16.5. The summed E-state index contributed by atoms with van der Waals surface area (Å²) in [6.07, 6.45) is 3.45. The summed E-state index contributed by atoms with van der Waals surface area (Å²) in [7, 11) is 0. The second kappa shape index (κ2) is 7.29. The molecule has 4 heteroatoms. The van der Waals surface area contributed by atoms with Crippen molar-refractivity contribution in [2.45, 2.75) is 32.7 Å². The average Bonchev–Trinajstić information content (AvgIpc) is 3.20. The van der Waals surface area contributed by atoms with E-state index in [-0.39, 0.29) is 6.54 Å².